The molecular weight excluding hydrogens is 483 g/mol. The smallest absolute Gasteiger partial charge is 0.246 e. The highest BCUT2D eigenvalue weighted by molar-refractivity contribution is 6.36. The maximum atomic E-state index is 13.9. The Morgan fingerprint density at radius 1 is 1.09 bits per heavy atom. The van der Waals surface area contributed by atoms with Gasteiger partial charge in [-0.1, -0.05) is 58.9 Å². The predicted octanol–water partition coefficient (Wildman–Crippen LogP) is 6.54. The van der Waals surface area contributed by atoms with Gasteiger partial charge < -0.3 is 14.3 Å². The van der Waals surface area contributed by atoms with Crippen LogP contribution < -0.4 is 4.90 Å². The predicted molar refractivity (Wildman–Crippen MR) is 139 cm³/mol. The number of aryl methyl sites for hydroxylation is 1. The molecule has 0 bridgehead atoms. The van der Waals surface area contributed by atoms with Crippen molar-refractivity contribution in [1.29, 1.82) is 0 Å². The van der Waals surface area contributed by atoms with E-state index in [1.54, 1.807) is 18.2 Å². The van der Waals surface area contributed by atoms with Gasteiger partial charge in [-0.25, -0.2) is 0 Å². The standard InChI is InChI=1S/C27H30Cl2N4O2/c1-18-8-11-21(12-9-18)32-14-4-5-19(16-32)27(34)33(22-6-2-3-7-22)17-25-30-26(31-35-25)23-13-10-20(28)15-24(23)29/h8-13,15,19,22H,2-7,14,16-17H2,1H3/t19-/m1/s1. The molecule has 0 N–H and O–H groups in total. The van der Waals surface area contributed by atoms with Crippen LogP contribution in [-0.2, 0) is 11.3 Å². The molecule has 1 aromatic heterocycles. The van der Waals surface area contributed by atoms with Crippen LogP contribution in [0.4, 0.5) is 5.69 Å². The number of halogens is 2. The van der Waals surface area contributed by atoms with Crippen LogP contribution in [0.25, 0.3) is 11.4 Å². The molecule has 1 amide bonds. The summed E-state index contributed by atoms with van der Waals surface area (Å²) in [5.41, 5.74) is 3.08. The van der Waals surface area contributed by atoms with Gasteiger partial charge in [0.05, 0.1) is 10.9 Å². The van der Waals surface area contributed by atoms with Crippen molar-refractivity contribution in [1.82, 2.24) is 15.0 Å². The lowest BCUT2D eigenvalue weighted by molar-refractivity contribution is -0.139. The molecule has 5 rings (SSSR count). The first-order valence-corrected chi connectivity index (χ1v) is 13.1. The van der Waals surface area contributed by atoms with Gasteiger partial charge in [-0.05, 0) is 62.9 Å². The van der Waals surface area contributed by atoms with E-state index in [-0.39, 0.29) is 17.9 Å². The summed E-state index contributed by atoms with van der Waals surface area (Å²) in [6.07, 6.45) is 6.23. The number of hydrogen-bond donors (Lipinski definition) is 0. The van der Waals surface area contributed by atoms with Gasteiger partial charge in [-0.3, -0.25) is 4.79 Å². The molecule has 3 aromatic rings. The summed E-state index contributed by atoms with van der Waals surface area (Å²) in [6, 6.07) is 14.0. The Balaban J connectivity index is 1.33. The SMILES string of the molecule is Cc1ccc(N2CCC[C@@H](C(=O)N(Cc3nc(-c4ccc(Cl)cc4Cl)no3)C3CCCC3)C2)cc1. The average molecular weight is 513 g/mol. The van der Waals surface area contributed by atoms with E-state index in [0.717, 1.165) is 51.6 Å². The zero-order valence-corrected chi connectivity index (χ0v) is 21.4. The maximum Gasteiger partial charge on any atom is 0.246 e. The lowest BCUT2D eigenvalue weighted by Gasteiger charge is -2.37. The van der Waals surface area contributed by atoms with E-state index in [1.165, 1.54) is 11.3 Å². The largest absolute Gasteiger partial charge is 0.371 e. The van der Waals surface area contributed by atoms with Crippen LogP contribution in [0.1, 0.15) is 50.0 Å². The highest BCUT2D eigenvalue weighted by Crippen LogP contribution is 2.32. The van der Waals surface area contributed by atoms with Crippen LogP contribution in [0, 0.1) is 12.8 Å². The molecule has 35 heavy (non-hydrogen) atoms. The Kier molecular flexibility index (Phi) is 7.30. The molecule has 0 spiro atoms. The second kappa shape index (κ2) is 10.6. The Labute approximate surface area is 216 Å². The number of nitrogens with zero attached hydrogens (tertiary/aromatic N) is 4. The average Bonchev–Trinajstić information content (AvgIpc) is 3.55. The third kappa shape index (κ3) is 5.49. The monoisotopic (exact) mass is 512 g/mol. The molecule has 6 nitrogen and oxygen atoms in total. The quantitative estimate of drug-likeness (QED) is 0.375. The van der Waals surface area contributed by atoms with Crippen LogP contribution in [0.15, 0.2) is 47.0 Å². The number of aromatic nitrogens is 2. The Morgan fingerprint density at radius 2 is 1.86 bits per heavy atom. The van der Waals surface area contributed by atoms with Gasteiger partial charge in [0.25, 0.3) is 0 Å². The first-order valence-electron chi connectivity index (χ1n) is 12.4. The summed E-state index contributed by atoms with van der Waals surface area (Å²) in [7, 11) is 0. The van der Waals surface area contributed by atoms with Gasteiger partial charge in [-0.2, -0.15) is 4.98 Å². The molecule has 1 saturated carbocycles. The minimum atomic E-state index is -0.0428. The topological polar surface area (TPSA) is 62.5 Å². The molecule has 8 heteroatoms. The van der Waals surface area contributed by atoms with Gasteiger partial charge in [0.2, 0.25) is 17.6 Å². The highest BCUT2D eigenvalue weighted by Gasteiger charge is 2.35. The maximum absolute atomic E-state index is 13.9. The molecule has 184 valence electrons. The molecule has 1 aliphatic heterocycles. The van der Waals surface area contributed by atoms with Crippen molar-refractivity contribution in [2.45, 2.75) is 58.0 Å². The lowest BCUT2D eigenvalue weighted by atomic mass is 9.95. The van der Waals surface area contributed by atoms with Crippen molar-refractivity contribution in [3.63, 3.8) is 0 Å². The number of piperidine rings is 1. The molecule has 2 aliphatic rings. The van der Waals surface area contributed by atoms with Crippen LogP contribution in [-0.4, -0.2) is 40.1 Å². The Morgan fingerprint density at radius 3 is 2.60 bits per heavy atom. The van der Waals surface area contributed by atoms with Gasteiger partial charge in [0.15, 0.2) is 0 Å². The van der Waals surface area contributed by atoms with Gasteiger partial charge in [0.1, 0.15) is 6.54 Å². The summed E-state index contributed by atoms with van der Waals surface area (Å²) >= 11 is 12.4. The number of rotatable bonds is 6. The minimum absolute atomic E-state index is 0.0428. The van der Waals surface area contributed by atoms with Crippen LogP contribution in [0.2, 0.25) is 10.0 Å². The van der Waals surface area contributed by atoms with E-state index in [2.05, 4.69) is 46.2 Å². The highest BCUT2D eigenvalue weighted by atomic mass is 35.5. The first kappa shape index (κ1) is 24.1. The molecule has 2 heterocycles. The number of carbonyl (C=O) groups is 1. The summed E-state index contributed by atoms with van der Waals surface area (Å²) < 4.78 is 5.58. The zero-order valence-electron chi connectivity index (χ0n) is 19.9. The third-order valence-electron chi connectivity index (χ3n) is 7.16. The van der Waals surface area contributed by atoms with Crippen molar-refractivity contribution in [3.05, 3.63) is 64.0 Å². The number of carbonyl (C=O) groups excluding carboxylic acids is 1. The van der Waals surface area contributed by atoms with Gasteiger partial charge >= 0.3 is 0 Å². The van der Waals surface area contributed by atoms with Crippen LogP contribution in [0.3, 0.4) is 0 Å². The van der Waals surface area contributed by atoms with Crippen LogP contribution >= 0.6 is 23.2 Å². The molecule has 0 unspecified atom stereocenters. The normalized spacial score (nSPS) is 18.7. The molecule has 1 saturated heterocycles. The van der Waals surface area contributed by atoms with E-state index >= 15 is 0 Å². The van der Waals surface area contributed by atoms with Gasteiger partial charge in [0, 0.05) is 35.4 Å². The lowest BCUT2D eigenvalue weighted by Crippen LogP contribution is -2.47. The first-order chi connectivity index (χ1) is 17.0. The van der Waals surface area contributed by atoms with E-state index in [4.69, 9.17) is 27.7 Å². The summed E-state index contributed by atoms with van der Waals surface area (Å²) in [4.78, 5) is 22.8. The van der Waals surface area contributed by atoms with E-state index in [0.29, 0.717) is 33.9 Å². The number of anilines is 1. The summed E-state index contributed by atoms with van der Waals surface area (Å²) in [5, 5.41) is 5.14. The summed E-state index contributed by atoms with van der Waals surface area (Å²) in [6.45, 7) is 4.13. The van der Waals surface area contributed by atoms with Crippen molar-refractivity contribution in [2.24, 2.45) is 5.92 Å². The number of benzene rings is 2. The van der Waals surface area contributed by atoms with E-state index < -0.39 is 0 Å². The van der Waals surface area contributed by atoms with Crippen LogP contribution in [0.5, 0.6) is 0 Å². The molecule has 1 atom stereocenters. The van der Waals surface area contributed by atoms with E-state index in [9.17, 15) is 4.79 Å². The van der Waals surface area contributed by atoms with Crippen molar-refractivity contribution >= 4 is 34.8 Å². The molecular formula is C27H30Cl2N4O2. The van der Waals surface area contributed by atoms with Gasteiger partial charge in [-0.15, -0.1) is 0 Å². The third-order valence-corrected chi connectivity index (χ3v) is 7.71. The van der Waals surface area contributed by atoms with Crippen molar-refractivity contribution in [3.8, 4) is 11.4 Å². The Hall–Kier alpha value is -2.57. The molecule has 0 radical (unpaired) electrons. The van der Waals surface area contributed by atoms with E-state index in [1.807, 2.05) is 4.90 Å². The fraction of sp³-hybridized carbons (Fsp3) is 0.444. The number of amides is 1. The second-order valence-corrected chi connectivity index (χ2v) is 10.5. The zero-order chi connectivity index (χ0) is 24.4. The van der Waals surface area contributed by atoms with Crippen molar-refractivity contribution < 1.29 is 9.32 Å². The summed E-state index contributed by atoms with van der Waals surface area (Å²) in [5.74, 6) is 0.984. The minimum Gasteiger partial charge on any atom is -0.371 e. The molecule has 2 aromatic carbocycles. The molecule has 1 aliphatic carbocycles. The Bertz CT molecular complexity index is 1170. The number of hydrogen-bond acceptors (Lipinski definition) is 5. The van der Waals surface area contributed by atoms with Crippen molar-refractivity contribution in [2.75, 3.05) is 18.0 Å². The fourth-order valence-corrected chi connectivity index (χ4v) is 5.74. The second-order valence-electron chi connectivity index (χ2n) is 9.66. The fourth-order valence-electron chi connectivity index (χ4n) is 5.25. The molecule has 2 fully saturated rings.